The third kappa shape index (κ3) is 2.21. The van der Waals surface area contributed by atoms with Gasteiger partial charge in [0.1, 0.15) is 0 Å². The van der Waals surface area contributed by atoms with Crippen LogP contribution >= 0.6 is 0 Å². The minimum atomic E-state index is 0.278. The maximum absolute atomic E-state index is 10.1. The van der Waals surface area contributed by atoms with Crippen LogP contribution in [0.2, 0.25) is 0 Å². The Hall–Kier alpha value is -1.51. The summed E-state index contributed by atoms with van der Waals surface area (Å²) >= 11 is 0. The zero-order valence-electron chi connectivity index (χ0n) is 7.66. The molecule has 0 atom stereocenters. The van der Waals surface area contributed by atoms with Gasteiger partial charge in [-0.2, -0.15) is 0 Å². The molecule has 69 valence electrons. The van der Waals surface area contributed by atoms with Crippen LogP contribution < -0.4 is 9.47 Å². The number of carbonyl (C=O) groups excluding carboxylic acids is 1. The van der Waals surface area contributed by atoms with Crippen molar-refractivity contribution in [3.8, 4) is 11.5 Å². The summed E-state index contributed by atoms with van der Waals surface area (Å²) in [6.45, 7) is 0. The topological polar surface area (TPSA) is 35.5 Å². The molecule has 0 fully saturated rings. The molecule has 1 aromatic rings. The molecule has 0 N–H and O–H groups in total. The smallest absolute Gasteiger partial charge is 0.203 e. The fourth-order valence-corrected chi connectivity index (χ4v) is 1.07. The van der Waals surface area contributed by atoms with E-state index < -0.39 is 0 Å². The molecule has 0 aliphatic rings. The van der Waals surface area contributed by atoms with Crippen LogP contribution in [-0.4, -0.2) is 20.5 Å². The molecule has 0 aliphatic carbocycles. The second-order valence-corrected chi connectivity index (χ2v) is 2.51. The summed E-state index contributed by atoms with van der Waals surface area (Å²) in [5.41, 5.74) is 0.868. The minimum Gasteiger partial charge on any atom is -0.493 e. The molecule has 0 saturated heterocycles. The van der Waals surface area contributed by atoms with Crippen molar-refractivity contribution in [3.63, 3.8) is 0 Å². The van der Waals surface area contributed by atoms with Crippen molar-refractivity contribution in [2.24, 2.45) is 0 Å². The van der Waals surface area contributed by atoms with Gasteiger partial charge in [-0.1, -0.05) is 6.07 Å². The van der Waals surface area contributed by atoms with Gasteiger partial charge in [-0.05, 0) is 17.7 Å². The maximum atomic E-state index is 10.1. The summed E-state index contributed by atoms with van der Waals surface area (Å²) in [7, 11) is 3.13. The lowest BCUT2D eigenvalue weighted by Gasteiger charge is -2.07. The first kappa shape index (κ1) is 9.58. The summed E-state index contributed by atoms with van der Waals surface area (Å²) in [4.78, 5) is 10.1. The van der Waals surface area contributed by atoms with Crippen molar-refractivity contribution < 1.29 is 14.3 Å². The van der Waals surface area contributed by atoms with Gasteiger partial charge in [-0.3, -0.25) is 4.79 Å². The molecule has 0 unspecified atom stereocenters. The van der Waals surface area contributed by atoms with Gasteiger partial charge in [-0.25, -0.2) is 0 Å². The van der Waals surface area contributed by atoms with E-state index in [2.05, 4.69) is 0 Å². The Balaban J connectivity index is 2.98. The fourth-order valence-electron chi connectivity index (χ4n) is 1.07. The first-order chi connectivity index (χ1) is 6.31. The Bertz CT molecular complexity index is 294. The van der Waals surface area contributed by atoms with E-state index in [4.69, 9.17) is 9.47 Å². The fraction of sp³-hybridized carbons (Fsp3) is 0.300. The number of ether oxygens (including phenoxy) is 2. The Morgan fingerprint density at radius 3 is 2.46 bits per heavy atom. The molecule has 0 saturated carbocycles. The lowest BCUT2D eigenvalue weighted by molar-refractivity contribution is 0.354. The SMILES string of the molecule is COc1ccc(C[C]=O)cc1OC. The minimum absolute atomic E-state index is 0.278. The molecular weight excluding hydrogens is 168 g/mol. The summed E-state index contributed by atoms with van der Waals surface area (Å²) in [5.74, 6) is 1.30. The van der Waals surface area contributed by atoms with E-state index in [0.717, 1.165) is 5.56 Å². The molecule has 1 aromatic carbocycles. The molecule has 1 radical (unpaired) electrons. The third-order valence-electron chi connectivity index (χ3n) is 1.72. The van der Waals surface area contributed by atoms with Gasteiger partial charge in [0.05, 0.1) is 14.2 Å². The standard InChI is InChI=1S/C10H11O3/c1-12-9-4-3-8(5-6-11)7-10(9)13-2/h3-4,7H,5H2,1-2H3. The zero-order valence-corrected chi connectivity index (χ0v) is 7.66. The van der Waals surface area contributed by atoms with Crippen molar-refractivity contribution in [1.82, 2.24) is 0 Å². The van der Waals surface area contributed by atoms with E-state index in [1.807, 2.05) is 12.4 Å². The second kappa shape index (κ2) is 4.50. The highest BCUT2D eigenvalue weighted by molar-refractivity contribution is 5.57. The lowest BCUT2D eigenvalue weighted by atomic mass is 10.1. The van der Waals surface area contributed by atoms with Crippen LogP contribution in [0.3, 0.4) is 0 Å². The Morgan fingerprint density at radius 1 is 1.23 bits per heavy atom. The van der Waals surface area contributed by atoms with Gasteiger partial charge in [0.2, 0.25) is 6.29 Å². The normalized spacial score (nSPS) is 9.38. The lowest BCUT2D eigenvalue weighted by Crippen LogP contribution is -1.92. The van der Waals surface area contributed by atoms with Gasteiger partial charge in [-0.15, -0.1) is 0 Å². The molecule has 1 rings (SSSR count). The highest BCUT2D eigenvalue weighted by Gasteiger charge is 2.03. The molecule has 0 amide bonds. The quantitative estimate of drug-likeness (QED) is 0.700. The largest absolute Gasteiger partial charge is 0.493 e. The van der Waals surface area contributed by atoms with E-state index in [1.165, 1.54) is 0 Å². The van der Waals surface area contributed by atoms with Crippen molar-refractivity contribution >= 4 is 6.29 Å². The number of hydrogen-bond acceptors (Lipinski definition) is 3. The van der Waals surface area contributed by atoms with Crippen LogP contribution in [0.15, 0.2) is 18.2 Å². The van der Waals surface area contributed by atoms with E-state index in [1.54, 1.807) is 26.4 Å². The zero-order chi connectivity index (χ0) is 9.68. The first-order valence-corrected chi connectivity index (χ1v) is 3.87. The molecule has 3 nitrogen and oxygen atoms in total. The number of rotatable bonds is 4. The number of benzene rings is 1. The summed E-state index contributed by atoms with van der Waals surface area (Å²) < 4.78 is 10.1. The van der Waals surface area contributed by atoms with Gasteiger partial charge in [0.25, 0.3) is 0 Å². The predicted molar refractivity (Wildman–Crippen MR) is 48.9 cm³/mol. The van der Waals surface area contributed by atoms with Gasteiger partial charge in [0, 0.05) is 6.42 Å². The monoisotopic (exact) mass is 179 g/mol. The Labute approximate surface area is 77.3 Å². The van der Waals surface area contributed by atoms with Crippen molar-refractivity contribution in [2.45, 2.75) is 6.42 Å². The highest BCUT2D eigenvalue weighted by atomic mass is 16.5. The molecule has 13 heavy (non-hydrogen) atoms. The van der Waals surface area contributed by atoms with Crippen LogP contribution in [0.4, 0.5) is 0 Å². The maximum Gasteiger partial charge on any atom is 0.203 e. The van der Waals surface area contributed by atoms with Crippen LogP contribution in [0, 0.1) is 0 Å². The number of methoxy groups -OCH3 is 2. The van der Waals surface area contributed by atoms with Crippen molar-refractivity contribution in [3.05, 3.63) is 23.8 Å². The summed E-state index contributed by atoms with van der Waals surface area (Å²) in [6.07, 6.45) is 2.10. The van der Waals surface area contributed by atoms with Crippen molar-refractivity contribution in [1.29, 1.82) is 0 Å². The van der Waals surface area contributed by atoms with Crippen LogP contribution in [0.25, 0.3) is 0 Å². The average Bonchev–Trinajstić information content (AvgIpc) is 2.18. The molecule has 0 heterocycles. The van der Waals surface area contributed by atoms with E-state index in [-0.39, 0.29) is 6.42 Å². The second-order valence-electron chi connectivity index (χ2n) is 2.51. The molecule has 0 aromatic heterocycles. The number of hydrogen-bond donors (Lipinski definition) is 0. The van der Waals surface area contributed by atoms with Crippen molar-refractivity contribution in [2.75, 3.05) is 14.2 Å². The first-order valence-electron chi connectivity index (χ1n) is 3.87. The highest BCUT2D eigenvalue weighted by Crippen LogP contribution is 2.27. The third-order valence-corrected chi connectivity index (χ3v) is 1.72. The van der Waals surface area contributed by atoms with Crippen LogP contribution in [-0.2, 0) is 11.2 Å². The van der Waals surface area contributed by atoms with E-state index in [9.17, 15) is 4.79 Å². The van der Waals surface area contributed by atoms with E-state index >= 15 is 0 Å². The van der Waals surface area contributed by atoms with Gasteiger partial charge >= 0.3 is 0 Å². The summed E-state index contributed by atoms with van der Waals surface area (Å²) in [5, 5.41) is 0. The molecule has 0 bridgehead atoms. The summed E-state index contributed by atoms with van der Waals surface area (Å²) in [6, 6.07) is 5.35. The average molecular weight is 179 g/mol. The predicted octanol–water partition coefficient (Wildman–Crippen LogP) is 1.36. The molecular formula is C10H11O3. The molecule has 0 aliphatic heterocycles. The van der Waals surface area contributed by atoms with Gasteiger partial charge < -0.3 is 9.47 Å². The van der Waals surface area contributed by atoms with Gasteiger partial charge in [0.15, 0.2) is 11.5 Å². The van der Waals surface area contributed by atoms with E-state index in [0.29, 0.717) is 11.5 Å². The molecule has 0 spiro atoms. The Morgan fingerprint density at radius 2 is 1.92 bits per heavy atom. The molecule has 3 heteroatoms. The Kier molecular flexibility index (Phi) is 3.31. The van der Waals surface area contributed by atoms with Crippen LogP contribution in [0.5, 0.6) is 11.5 Å². The van der Waals surface area contributed by atoms with Crippen LogP contribution in [0.1, 0.15) is 5.56 Å².